The molecule has 0 saturated heterocycles. The molecule has 2 nitrogen and oxygen atoms in total. The lowest BCUT2D eigenvalue weighted by Crippen LogP contribution is -2.17. The van der Waals surface area contributed by atoms with Crippen molar-refractivity contribution in [1.29, 1.82) is 0 Å². The Kier molecular flexibility index (Phi) is 8.65. The first-order valence-corrected chi connectivity index (χ1v) is 9.54. The summed E-state index contributed by atoms with van der Waals surface area (Å²) in [5, 5.41) is 8.76. The molecule has 27 heavy (non-hydrogen) atoms. The first-order valence-electron chi connectivity index (χ1n) is 9.54. The molecule has 0 aliphatic carbocycles. The standard InChI is InChI=1S/C22H27F3O2/c23-22(24,25)27-20-14-10-13-19(17-20)21-15-8-7-12-18(21)11-6-4-2-1-3-5-9-16-26/h7-8,10,12-15,17,26H,1-6,9,11,16H2. The Balaban J connectivity index is 1.93. The maximum atomic E-state index is 12.5. The van der Waals surface area contributed by atoms with E-state index < -0.39 is 6.36 Å². The van der Waals surface area contributed by atoms with Gasteiger partial charge >= 0.3 is 6.36 Å². The molecule has 0 spiro atoms. The lowest BCUT2D eigenvalue weighted by atomic mass is 9.95. The van der Waals surface area contributed by atoms with Crippen molar-refractivity contribution in [1.82, 2.24) is 0 Å². The number of hydrogen-bond acceptors (Lipinski definition) is 2. The van der Waals surface area contributed by atoms with Crippen molar-refractivity contribution in [2.24, 2.45) is 0 Å². The van der Waals surface area contributed by atoms with Crippen LogP contribution in [-0.2, 0) is 6.42 Å². The monoisotopic (exact) mass is 380 g/mol. The molecule has 148 valence electrons. The molecule has 2 aromatic rings. The Morgan fingerprint density at radius 1 is 0.778 bits per heavy atom. The third kappa shape index (κ3) is 8.04. The first kappa shape index (κ1) is 21.3. The Bertz CT molecular complexity index is 683. The number of aliphatic hydroxyl groups excluding tert-OH is 1. The number of benzene rings is 2. The van der Waals surface area contributed by atoms with Crippen LogP contribution >= 0.6 is 0 Å². The van der Waals surface area contributed by atoms with Gasteiger partial charge < -0.3 is 9.84 Å². The van der Waals surface area contributed by atoms with Gasteiger partial charge in [0, 0.05) is 6.61 Å². The minimum Gasteiger partial charge on any atom is -0.406 e. The largest absolute Gasteiger partial charge is 0.573 e. The minimum absolute atomic E-state index is 0.197. The Morgan fingerprint density at radius 2 is 1.44 bits per heavy atom. The number of ether oxygens (including phenoxy) is 1. The van der Waals surface area contributed by atoms with Crippen molar-refractivity contribution < 1.29 is 23.0 Å². The van der Waals surface area contributed by atoms with Gasteiger partial charge in [-0.25, -0.2) is 0 Å². The first-order chi connectivity index (χ1) is 13.0. The molecule has 0 unspecified atom stereocenters. The SMILES string of the molecule is OCCCCCCCCCc1ccccc1-c1cccc(OC(F)(F)F)c1. The van der Waals surface area contributed by atoms with Gasteiger partial charge in [0.15, 0.2) is 0 Å². The van der Waals surface area contributed by atoms with Crippen LogP contribution in [0.5, 0.6) is 5.75 Å². The van der Waals surface area contributed by atoms with E-state index in [0.717, 1.165) is 55.2 Å². The Hall–Kier alpha value is -2.01. The summed E-state index contributed by atoms with van der Waals surface area (Å²) in [4.78, 5) is 0. The molecule has 2 aromatic carbocycles. The minimum atomic E-state index is -4.69. The lowest BCUT2D eigenvalue weighted by molar-refractivity contribution is -0.274. The highest BCUT2D eigenvalue weighted by atomic mass is 19.4. The van der Waals surface area contributed by atoms with Gasteiger partial charge in [0.1, 0.15) is 5.75 Å². The van der Waals surface area contributed by atoms with Gasteiger partial charge in [-0.1, -0.05) is 68.5 Å². The van der Waals surface area contributed by atoms with Gasteiger partial charge in [0.2, 0.25) is 0 Å². The zero-order chi connectivity index (χ0) is 19.5. The fraction of sp³-hybridized carbons (Fsp3) is 0.455. The van der Waals surface area contributed by atoms with Crippen molar-refractivity contribution in [2.45, 2.75) is 57.7 Å². The molecular weight excluding hydrogens is 353 g/mol. The van der Waals surface area contributed by atoms with E-state index in [4.69, 9.17) is 5.11 Å². The second kappa shape index (κ2) is 11.0. The van der Waals surface area contributed by atoms with Gasteiger partial charge in [-0.3, -0.25) is 0 Å². The van der Waals surface area contributed by atoms with Crippen LogP contribution in [0.3, 0.4) is 0 Å². The van der Waals surface area contributed by atoms with Crippen LogP contribution in [0.25, 0.3) is 11.1 Å². The van der Waals surface area contributed by atoms with E-state index in [1.54, 1.807) is 6.07 Å². The molecule has 0 fully saturated rings. The zero-order valence-electron chi connectivity index (χ0n) is 15.5. The van der Waals surface area contributed by atoms with E-state index in [1.807, 2.05) is 30.3 Å². The molecular formula is C22H27F3O2. The molecule has 0 heterocycles. The second-order valence-corrected chi connectivity index (χ2v) is 6.68. The van der Waals surface area contributed by atoms with Crippen molar-refractivity contribution in [3.05, 3.63) is 54.1 Å². The number of aliphatic hydroxyl groups is 1. The maximum Gasteiger partial charge on any atom is 0.573 e. The van der Waals surface area contributed by atoms with Gasteiger partial charge in [0.05, 0.1) is 0 Å². The van der Waals surface area contributed by atoms with Crippen LogP contribution in [0.2, 0.25) is 0 Å². The van der Waals surface area contributed by atoms with E-state index in [1.165, 1.54) is 25.0 Å². The normalized spacial score (nSPS) is 11.6. The average molecular weight is 380 g/mol. The maximum absolute atomic E-state index is 12.5. The summed E-state index contributed by atoms with van der Waals surface area (Å²) in [6, 6.07) is 14.0. The predicted octanol–water partition coefficient (Wildman–Crippen LogP) is 6.52. The zero-order valence-corrected chi connectivity index (χ0v) is 15.5. The number of aryl methyl sites for hydroxylation is 1. The third-order valence-electron chi connectivity index (χ3n) is 4.50. The molecule has 0 amide bonds. The second-order valence-electron chi connectivity index (χ2n) is 6.68. The summed E-state index contributed by atoms with van der Waals surface area (Å²) in [6.07, 6.45) is 3.86. The summed E-state index contributed by atoms with van der Waals surface area (Å²) < 4.78 is 41.4. The van der Waals surface area contributed by atoms with E-state index >= 15 is 0 Å². The summed E-state index contributed by atoms with van der Waals surface area (Å²) in [6.45, 7) is 0.270. The van der Waals surface area contributed by atoms with Crippen LogP contribution in [0, 0.1) is 0 Å². The summed E-state index contributed by atoms with van der Waals surface area (Å²) in [5.74, 6) is -0.197. The molecule has 0 aromatic heterocycles. The molecule has 0 atom stereocenters. The van der Waals surface area contributed by atoms with Crippen LogP contribution in [0.15, 0.2) is 48.5 Å². The van der Waals surface area contributed by atoms with Crippen molar-refractivity contribution in [3.63, 3.8) is 0 Å². The smallest absolute Gasteiger partial charge is 0.406 e. The van der Waals surface area contributed by atoms with Crippen LogP contribution < -0.4 is 4.74 Å². The molecule has 0 radical (unpaired) electrons. The molecule has 0 aliphatic heterocycles. The van der Waals surface area contributed by atoms with Gasteiger partial charge in [-0.05, 0) is 48.1 Å². The molecule has 1 N–H and O–H groups in total. The third-order valence-corrected chi connectivity index (χ3v) is 4.50. The van der Waals surface area contributed by atoms with E-state index in [2.05, 4.69) is 4.74 Å². The molecule has 2 rings (SSSR count). The van der Waals surface area contributed by atoms with Crippen LogP contribution in [-0.4, -0.2) is 18.1 Å². The van der Waals surface area contributed by atoms with E-state index in [0.29, 0.717) is 0 Å². The Labute approximate surface area is 159 Å². The van der Waals surface area contributed by atoms with Gasteiger partial charge in [-0.15, -0.1) is 13.2 Å². The van der Waals surface area contributed by atoms with E-state index in [9.17, 15) is 13.2 Å². The van der Waals surface area contributed by atoms with Gasteiger partial charge in [-0.2, -0.15) is 0 Å². The highest BCUT2D eigenvalue weighted by Gasteiger charge is 2.31. The number of rotatable bonds is 11. The number of unbranched alkanes of at least 4 members (excludes halogenated alkanes) is 6. The number of alkyl halides is 3. The quantitative estimate of drug-likeness (QED) is 0.450. The average Bonchev–Trinajstić information content (AvgIpc) is 2.63. The van der Waals surface area contributed by atoms with Crippen molar-refractivity contribution in [3.8, 4) is 16.9 Å². The molecule has 5 heteroatoms. The van der Waals surface area contributed by atoms with Gasteiger partial charge in [0.25, 0.3) is 0 Å². The van der Waals surface area contributed by atoms with Crippen molar-refractivity contribution >= 4 is 0 Å². The fourth-order valence-electron chi connectivity index (χ4n) is 3.19. The van der Waals surface area contributed by atoms with Crippen LogP contribution in [0.4, 0.5) is 13.2 Å². The fourth-order valence-corrected chi connectivity index (χ4v) is 3.19. The Morgan fingerprint density at radius 3 is 2.15 bits per heavy atom. The summed E-state index contributed by atoms with van der Waals surface area (Å²) in [7, 11) is 0. The van der Waals surface area contributed by atoms with Crippen molar-refractivity contribution in [2.75, 3.05) is 6.61 Å². The predicted molar refractivity (Wildman–Crippen MR) is 102 cm³/mol. The highest BCUT2D eigenvalue weighted by molar-refractivity contribution is 5.68. The highest BCUT2D eigenvalue weighted by Crippen LogP contribution is 2.30. The topological polar surface area (TPSA) is 29.5 Å². The van der Waals surface area contributed by atoms with E-state index in [-0.39, 0.29) is 12.4 Å². The molecule has 0 aliphatic rings. The number of hydrogen-bond donors (Lipinski definition) is 1. The lowest BCUT2D eigenvalue weighted by Gasteiger charge is -2.13. The number of halogens is 3. The summed E-state index contributed by atoms with van der Waals surface area (Å²) in [5.41, 5.74) is 2.83. The molecule has 0 saturated carbocycles. The summed E-state index contributed by atoms with van der Waals surface area (Å²) >= 11 is 0. The van der Waals surface area contributed by atoms with Crippen LogP contribution in [0.1, 0.15) is 50.5 Å². The molecule has 0 bridgehead atoms.